The molecule has 1 aliphatic rings. The smallest absolute Gasteiger partial charge is 0.123 e. The first-order valence-electron chi connectivity index (χ1n) is 5.48. The number of nitrogens with zero attached hydrogens (tertiary/aromatic N) is 1. The summed E-state index contributed by atoms with van der Waals surface area (Å²) in [4.78, 5) is 2.11. The molecule has 0 radical (unpaired) electrons. The number of rotatable bonds is 2. The summed E-state index contributed by atoms with van der Waals surface area (Å²) in [5.41, 5.74) is 6.18. The molecule has 0 aliphatic carbocycles. The van der Waals surface area contributed by atoms with Crippen LogP contribution in [0.3, 0.4) is 0 Å². The number of hydrogen-bond acceptors (Lipinski definition) is 2. The van der Waals surface area contributed by atoms with Crippen molar-refractivity contribution in [3.63, 3.8) is 0 Å². The summed E-state index contributed by atoms with van der Waals surface area (Å²) in [6, 6.07) is 6.37. The molecule has 0 amide bonds. The van der Waals surface area contributed by atoms with Gasteiger partial charge in [-0.3, -0.25) is 0 Å². The molecule has 0 bridgehead atoms. The molecular formula is C12H16F2N2. The monoisotopic (exact) mass is 226 g/mol. The van der Waals surface area contributed by atoms with Crippen LogP contribution in [-0.2, 0) is 0 Å². The quantitative estimate of drug-likeness (QED) is 0.836. The third kappa shape index (κ3) is 2.32. The Morgan fingerprint density at radius 3 is 2.25 bits per heavy atom. The lowest BCUT2D eigenvalue weighted by Crippen LogP contribution is -2.52. The third-order valence-corrected chi connectivity index (χ3v) is 3.22. The van der Waals surface area contributed by atoms with E-state index >= 15 is 0 Å². The van der Waals surface area contributed by atoms with Crippen molar-refractivity contribution in [1.82, 2.24) is 0 Å². The van der Waals surface area contributed by atoms with E-state index in [2.05, 4.69) is 4.90 Å². The second-order valence-corrected chi connectivity index (χ2v) is 4.46. The molecule has 2 N–H and O–H groups in total. The summed E-state index contributed by atoms with van der Waals surface area (Å²) >= 11 is 0. The predicted molar refractivity (Wildman–Crippen MR) is 60.7 cm³/mol. The first-order valence-corrected chi connectivity index (χ1v) is 5.48. The number of nitrogens with two attached hydrogens (primary N) is 1. The number of anilines is 1. The van der Waals surface area contributed by atoms with Gasteiger partial charge in [0.1, 0.15) is 12.5 Å². The first kappa shape index (κ1) is 11.3. The van der Waals surface area contributed by atoms with Crippen molar-refractivity contribution < 1.29 is 8.78 Å². The minimum absolute atomic E-state index is 0.238. The zero-order chi connectivity index (χ0) is 11.6. The summed E-state index contributed by atoms with van der Waals surface area (Å²) < 4.78 is 25.4. The van der Waals surface area contributed by atoms with E-state index in [4.69, 9.17) is 5.73 Å². The summed E-state index contributed by atoms with van der Waals surface area (Å²) in [6.07, 6.45) is 1.28. The molecule has 0 saturated carbocycles. The summed E-state index contributed by atoms with van der Waals surface area (Å²) in [7, 11) is 0. The molecule has 1 aromatic rings. The van der Waals surface area contributed by atoms with Crippen LogP contribution in [0, 0.1) is 5.82 Å². The van der Waals surface area contributed by atoms with Gasteiger partial charge in [-0.1, -0.05) is 0 Å². The molecule has 2 rings (SSSR count). The van der Waals surface area contributed by atoms with Gasteiger partial charge in [-0.25, -0.2) is 8.78 Å². The maximum atomic E-state index is 12.7. The van der Waals surface area contributed by atoms with Gasteiger partial charge in [0.2, 0.25) is 0 Å². The lowest BCUT2D eigenvalue weighted by atomic mass is 9.90. The number of halogens is 2. The third-order valence-electron chi connectivity index (χ3n) is 3.22. The fourth-order valence-corrected chi connectivity index (χ4v) is 2.00. The van der Waals surface area contributed by atoms with Crippen molar-refractivity contribution in [3.05, 3.63) is 30.1 Å². The Labute approximate surface area is 94.0 Å². The van der Waals surface area contributed by atoms with Crippen molar-refractivity contribution in [2.75, 3.05) is 24.7 Å². The van der Waals surface area contributed by atoms with E-state index in [0.29, 0.717) is 12.8 Å². The van der Waals surface area contributed by atoms with E-state index in [1.54, 1.807) is 12.1 Å². The van der Waals surface area contributed by atoms with Gasteiger partial charge >= 0.3 is 0 Å². The maximum Gasteiger partial charge on any atom is 0.123 e. The average Bonchev–Trinajstić information content (AvgIpc) is 2.32. The van der Waals surface area contributed by atoms with E-state index in [0.717, 1.165) is 18.8 Å². The van der Waals surface area contributed by atoms with Crippen LogP contribution in [0.25, 0.3) is 0 Å². The van der Waals surface area contributed by atoms with Crippen LogP contribution in [0.5, 0.6) is 0 Å². The summed E-state index contributed by atoms with van der Waals surface area (Å²) in [5.74, 6) is -0.238. The molecule has 0 spiro atoms. The fourth-order valence-electron chi connectivity index (χ4n) is 2.00. The van der Waals surface area contributed by atoms with E-state index in [1.165, 1.54) is 12.1 Å². The van der Waals surface area contributed by atoms with E-state index in [-0.39, 0.29) is 5.82 Å². The number of piperidine rings is 1. The fraction of sp³-hybridized carbons (Fsp3) is 0.500. The SMILES string of the molecule is NC1(CF)CCN(c2ccc(F)cc2)CC1. The van der Waals surface area contributed by atoms with E-state index in [9.17, 15) is 8.78 Å². The number of alkyl halides is 1. The van der Waals surface area contributed by atoms with Crippen LogP contribution < -0.4 is 10.6 Å². The van der Waals surface area contributed by atoms with E-state index in [1.807, 2.05) is 0 Å². The predicted octanol–water partition coefficient (Wildman–Crippen LogP) is 2.09. The second kappa shape index (κ2) is 4.37. The van der Waals surface area contributed by atoms with Gasteiger partial charge in [-0.15, -0.1) is 0 Å². The summed E-state index contributed by atoms with van der Waals surface area (Å²) in [6.45, 7) is 0.988. The molecule has 4 heteroatoms. The van der Waals surface area contributed by atoms with Crippen molar-refractivity contribution in [1.29, 1.82) is 0 Å². The highest BCUT2D eigenvalue weighted by molar-refractivity contribution is 5.46. The molecule has 1 saturated heterocycles. The molecule has 1 fully saturated rings. The molecule has 2 nitrogen and oxygen atoms in total. The van der Waals surface area contributed by atoms with Crippen molar-refractivity contribution in [3.8, 4) is 0 Å². The van der Waals surface area contributed by atoms with E-state index < -0.39 is 12.2 Å². The second-order valence-electron chi connectivity index (χ2n) is 4.46. The van der Waals surface area contributed by atoms with Crippen LogP contribution in [-0.4, -0.2) is 25.3 Å². The molecule has 0 aromatic heterocycles. The largest absolute Gasteiger partial charge is 0.371 e. The van der Waals surface area contributed by atoms with Crippen LogP contribution in [0.15, 0.2) is 24.3 Å². The van der Waals surface area contributed by atoms with Gasteiger partial charge in [-0.2, -0.15) is 0 Å². The highest BCUT2D eigenvalue weighted by atomic mass is 19.1. The molecule has 88 valence electrons. The highest BCUT2D eigenvalue weighted by Crippen LogP contribution is 2.25. The van der Waals surface area contributed by atoms with Gasteiger partial charge < -0.3 is 10.6 Å². The maximum absolute atomic E-state index is 12.7. The Kier molecular flexibility index (Phi) is 3.10. The Balaban J connectivity index is 2.01. The lowest BCUT2D eigenvalue weighted by Gasteiger charge is -2.38. The van der Waals surface area contributed by atoms with Crippen LogP contribution in [0.4, 0.5) is 14.5 Å². The van der Waals surface area contributed by atoms with Crippen molar-refractivity contribution in [2.45, 2.75) is 18.4 Å². The molecule has 0 atom stereocenters. The molecule has 16 heavy (non-hydrogen) atoms. The Morgan fingerprint density at radius 1 is 1.19 bits per heavy atom. The molecular weight excluding hydrogens is 210 g/mol. The van der Waals surface area contributed by atoms with Gasteiger partial charge in [-0.05, 0) is 37.1 Å². The zero-order valence-electron chi connectivity index (χ0n) is 9.13. The number of benzene rings is 1. The average molecular weight is 226 g/mol. The van der Waals surface area contributed by atoms with Gasteiger partial charge in [0.15, 0.2) is 0 Å². The Hall–Kier alpha value is -1.16. The van der Waals surface area contributed by atoms with Gasteiger partial charge in [0, 0.05) is 24.3 Å². The lowest BCUT2D eigenvalue weighted by molar-refractivity contribution is 0.255. The Bertz CT molecular complexity index is 343. The minimum atomic E-state index is -0.656. The number of hydrogen-bond donors (Lipinski definition) is 1. The minimum Gasteiger partial charge on any atom is -0.371 e. The topological polar surface area (TPSA) is 29.3 Å². The van der Waals surface area contributed by atoms with Crippen LogP contribution in [0.1, 0.15) is 12.8 Å². The Morgan fingerprint density at radius 2 is 1.75 bits per heavy atom. The first-order chi connectivity index (χ1) is 7.63. The highest BCUT2D eigenvalue weighted by Gasteiger charge is 2.30. The normalized spacial score (nSPS) is 19.8. The van der Waals surface area contributed by atoms with Gasteiger partial charge in [0.05, 0.1) is 0 Å². The molecule has 0 unspecified atom stereocenters. The van der Waals surface area contributed by atoms with Gasteiger partial charge in [0.25, 0.3) is 0 Å². The standard InChI is InChI=1S/C12H16F2N2/c13-9-12(15)5-7-16(8-6-12)11-3-1-10(14)2-4-11/h1-4H,5-9,15H2. The van der Waals surface area contributed by atoms with Crippen LogP contribution >= 0.6 is 0 Å². The molecule has 1 aromatic carbocycles. The zero-order valence-corrected chi connectivity index (χ0v) is 9.13. The summed E-state index contributed by atoms with van der Waals surface area (Å²) in [5, 5.41) is 0. The van der Waals surface area contributed by atoms with Crippen molar-refractivity contribution in [2.24, 2.45) is 5.73 Å². The van der Waals surface area contributed by atoms with Crippen molar-refractivity contribution >= 4 is 5.69 Å². The molecule has 1 aliphatic heterocycles. The van der Waals surface area contributed by atoms with Crippen LogP contribution in [0.2, 0.25) is 0 Å². The molecule has 1 heterocycles.